The lowest BCUT2D eigenvalue weighted by atomic mass is 10.5. The van der Waals surface area contributed by atoms with Gasteiger partial charge in [-0.1, -0.05) is 0 Å². The zero-order chi connectivity index (χ0) is 11.6. The van der Waals surface area contributed by atoms with Crippen LogP contribution >= 0.6 is 0 Å². The Bertz CT molecular complexity index is 139. The highest BCUT2D eigenvalue weighted by Crippen LogP contribution is 2.13. The average Bonchev–Trinajstić information content (AvgIpc) is 2.29. The summed E-state index contributed by atoms with van der Waals surface area (Å²) in [5, 5.41) is 6.17. The summed E-state index contributed by atoms with van der Waals surface area (Å²) < 4.78 is 15.9. The van der Waals surface area contributed by atoms with Gasteiger partial charge in [-0.25, -0.2) is 0 Å². The number of nitrogens with one attached hydrogen (secondary N) is 2. The van der Waals surface area contributed by atoms with E-state index in [0.29, 0.717) is 6.67 Å². The molecule has 4 N–H and O–H groups in total. The topological polar surface area (TPSA) is 77.8 Å². The van der Waals surface area contributed by atoms with E-state index in [2.05, 4.69) is 10.6 Å². The number of hydrogen-bond acceptors (Lipinski definition) is 6. The molecule has 0 amide bonds. The van der Waals surface area contributed by atoms with Gasteiger partial charge < -0.3 is 24.3 Å². The van der Waals surface area contributed by atoms with Crippen molar-refractivity contribution in [3.63, 3.8) is 0 Å². The Morgan fingerprint density at radius 1 is 1.07 bits per heavy atom. The lowest BCUT2D eigenvalue weighted by Crippen LogP contribution is -2.43. The smallest absolute Gasteiger partial charge is 0.377 e. The standard InChI is InChI=1S/C8H23N3O3Si/c1-12-15(13-2,14-3)6-4-5-10-8-11-7-9/h10-11H,4-9H2,1-3H3. The predicted octanol–water partition coefficient (Wildman–Crippen LogP) is -0.692. The molecule has 0 aromatic carbocycles. The van der Waals surface area contributed by atoms with E-state index in [0.717, 1.165) is 25.7 Å². The maximum atomic E-state index is 5.30. The summed E-state index contributed by atoms with van der Waals surface area (Å²) in [6.45, 7) is 2.09. The molecule has 0 heterocycles. The van der Waals surface area contributed by atoms with Crippen LogP contribution in [-0.4, -0.2) is 50.0 Å². The van der Waals surface area contributed by atoms with Crippen LogP contribution in [0.4, 0.5) is 0 Å². The molecule has 0 radical (unpaired) electrons. The molecule has 7 heteroatoms. The van der Waals surface area contributed by atoms with Gasteiger partial charge in [0.15, 0.2) is 0 Å². The Hall–Kier alpha value is -0.0231. The van der Waals surface area contributed by atoms with Gasteiger partial charge in [-0.15, -0.1) is 0 Å². The van der Waals surface area contributed by atoms with Crippen molar-refractivity contribution in [1.82, 2.24) is 10.6 Å². The summed E-state index contributed by atoms with van der Waals surface area (Å²) in [7, 11) is 2.51. The van der Waals surface area contributed by atoms with Crippen molar-refractivity contribution >= 4 is 8.80 Å². The highest BCUT2D eigenvalue weighted by atomic mass is 28.4. The second kappa shape index (κ2) is 9.22. The van der Waals surface area contributed by atoms with E-state index >= 15 is 0 Å². The van der Waals surface area contributed by atoms with Crippen molar-refractivity contribution in [2.24, 2.45) is 5.73 Å². The molecule has 0 aliphatic carbocycles. The Labute approximate surface area is 92.8 Å². The molecule has 0 saturated carbocycles. The molecule has 0 atom stereocenters. The SMILES string of the molecule is CO[Si](CCCNCNCN)(OC)OC. The van der Waals surface area contributed by atoms with Gasteiger partial charge in [-0.3, -0.25) is 5.32 Å². The molecule has 92 valence electrons. The minimum atomic E-state index is -2.37. The van der Waals surface area contributed by atoms with E-state index in [9.17, 15) is 0 Å². The number of rotatable bonds is 10. The van der Waals surface area contributed by atoms with Crippen LogP contribution in [0.15, 0.2) is 0 Å². The van der Waals surface area contributed by atoms with Gasteiger partial charge in [-0.2, -0.15) is 0 Å². The maximum absolute atomic E-state index is 5.30. The van der Waals surface area contributed by atoms with Crippen LogP contribution in [0.25, 0.3) is 0 Å². The first-order valence-corrected chi connectivity index (χ1v) is 6.94. The Balaban J connectivity index is 3.54. The van der Waals surface area contributed by atoms with Gasteiger partial charge >= 0.3 is 8.80 Å². The van der Waals surface area contributed by atoms with Gasteiger partial charge in [-0.05, 0) is 13.0 Å². The van der Waals surface area contributed by atoms with Crippen LogP contribution in [0, 0.1) is 0 Å². The van der Waals surface area contributed by atoms with Crippen LogP contribution in [-0.2, 0) is 13.3 Å². The highest BCUT2D eigenvalue weighted by Gasteiger charge is 2.36. The number of nitrogens with two attached hydrogens (primary N) is 1. The summed E-state index contributed by atoms with van der Waals surface area (Å²) in [6.07, 6.45) is 0.952. The second-order valence-electron chi connectivity index (χ2n) is 3.03. The Morgan fingerprint density at radius 2 is 1.67 bits per heavy atom. The monoisotopic (exact) mass is 237 g/mol. The molecule has 6 nitrogen and oxygen atoms in total. The lowest BCUT2D eigenvalue weighted by molar-refractivity contribution is 0.123. The predicted molar refractivity (Wildman–Crippen MR) is 61.3 cm³/mol. The third-order valence-electron chi connectivity index (χ3n) is 2.16. The van der Waals surface area contributed by atoms with Gasteiger partial charge in [0.05, 0.1) is 0 Å². The first-order chi connectivity index (χ1) is 7.24. The third kappa shape index (κ3) is 6.20. The molecule has 0 spiro atoms. The van der Waals surface area contributed by atoms with Gasteiger partial charge in [0.25, 0.3) is 0 Å². The summed E-state index contributed by atoms with van der Waals surface area (Å²) in [6, 6.07) is 0.812. The Kier molecular flexibility index (Phi) is 9.21. The van der Waals surface area contributed by atoms with Crippen molar-refractivity contribution in [2.75, 3.05) is 41.2 Å². The molecule has 0 saturated heterocycles. The summed E-state index contributed by atoms with van der Waals surface area (Å²) >= 11 is 0. The summed E-state index contributed by atoms with van der Waals surface area (Å²) in [5.74, 6) is 0. The van der Waals surface area contributed by atoms with Crippen molar-refractivity contribution < 1.29 is 13.3 Å². The van der Waals surface area contributed by atoms with E-state index < -0.39 is 8.80 Å². The van der Waals surface area contributed by atoms with Crippen molar-refractivity contribution in [3.8, 4) is 0 Å². The lowest BCUT2D eigenvalue weighted by Gasteiger charge is -2.24. The van der Waals surface area contributed by atoms with E-state index in [4.69, 9.17) is 19.0 Å². The maximum Gasteiger partial charge on any atom is 0.500 e. The van der Waals surface area contributed by atoms with Crippen LogP contribution in [0.1, 0.15) is 6.42 Å². The molecule has 0 aromatic heterocycles. The molecule has 0 aliphatic heterocycles. The molecule has 0 rings (SSSR count). The fraction of sp³-hybridized carbons (Fsp3) is 1.00. The van der Waals surface area contributed by atoms with E-state index in [1.807, 2.05) is 0 Å². The third-order valence-corrected chi connectivity index (χ3v) is 5.00. The summed E-state index contributed by atoms with van der Waals surface area (Å²) in [5.41, 5.74) is 5.27. The molecule has 0 unspecified atom stereocenters. The molecule has 0 aromatic rings. The minimum absolute atomic E-state index is 0.486. The zero-order valence-corrected chi connectivity index (χ0v) is 10.8. The average molecular weight is 237 g/mol. The van der Waals surface area contributed by atoms with Gasteiger partial charge in [0.1, 0.15) is 0 Å². The molecule has 0 aliphatic rings. The van der Waals surface area contributed by atoms with Crippen LogP contribution in [0.2, 0.25) is 6.04 Å². The van der Waals surface area contributed by atoms with Gasteiger partial charge in [0.2, 0.25) is 0 Å². The molecule has 15 heavy (non-hydrogen) atoms. The van der Waals surface area contributed by atoms with E-state index in [1.165, 1.54) is 0 Å². The molecular weight excluding hydrogens is 214 g/mol. The normalized spacial score (nSPS) is 12.0. The first-order valence-electron chi connectivity index (χ1n) is 5.01. The first kappa shape index (κ1) is 15.0. The van der Waals surface area contributed by atoms with Crippen molar-refractivity contribution in [1.29, 1.82) is 0 Å². The van der Waals surface area contributed by atoms with Crippen LogP contribution in [0.3, 0.4) is 0 Å². The fourth-order valence-electron chi connectivity index (χ4n) is 1.24. The Morgan fingerprint density at radius 3 is 2.13 bits per heavy atom. The molecule has 0 fully saturated rings. The number of hydrogen-bond donors (Lipinski definition) is 3. The van der Waals surface area contributed by atoms with Crippen LogP contribution in [0.5, 0.6) is 0 Å². The van der Waals surface area contributed by atoms with Crippen molar-refractivity contribution in [3.05, 3.63) is 0 Å². The summed E-state index contributed by atoms with van der Waals surface area (Å²) in [4.78, 5) is 0. The fourth-order valence-corrected chi connectivity index (χ4v) is 2.96. The van der Waals surface area contributed by atoms with E-state index in [-0.39, 0.29) is 0 Å². The highest BCUT2D eigenvalue weighted by molar-refractivity contribution is 6.60. The largest absolute Gasteiger partial charge is 0.500 e. The van der Waals surface area contributed by atoms with Crippen LogP contribution < -0.4 is 16.4 Å². The minimum Gasteiger partial charge on any atom is -0.377 e. The van der Waals surface area contributed by atoms with Gasteiger partial charge in [0, 0.05) is 40.7 Å². The zero-order valence-electron chi connectivity index (χ0n) is 9.84. The molecular formula is C8H23N3O3Si. The second-order valence-corrected chi connectivity index (χ2v) is 6.12. The van der Waals surface area contributed by atoms with E-state index in [1.54, 1.807) is 21.3 Å². The quantitative estimate of drug-likeness (QED) is 0.265. The van der Waals surface area contributed by atoms with Crippen molar-refractivity contribution in [2.45, 2.75) is 12.5 Å². The molecule has 0 bridgehead atoms.